The van der Waals surface area contributed by atoms with Crippen molar-refractivity contribution in [2.24, 2.45) is 0 Å². The third-order valence-corrected chi connectivity index (χ3v) is 10.8. The summed E-state index contributed by atoms with van der Waals surface area (Å²) < 4.78 is 0. The lowest BCUT2D eigenvalue weighted by Gasteiger charge is -2.12. The Morgan fingerprint density at radius 1 is 0.380 bits per heavy atom. The van der Waals surface area contributed by atoms with Gasteiger partial charge in [-0.25, -0.2) is 0 Å². The number of rotatable bonds is 43. The van der Waals surface area contributed by atoms with Crippen LogP contribution in [-0.2, 0) is 9.59 Å². The number of aliphatic hydroxyl groups is 1. The van der Waals surface area contributed by atoms with E-state index in [0.29, 0.717) is 18.7 Å². The van der Waals surface area contributed by atoms with Crippen LogP contribution in [0.15, 0.2) is 0 Å². The van der Waals surface area contributed by atoms with Crippen LogP contribution in [0.5, 0.6) is 0 Å². The number of hydrogen-bond donors (Lipinski definition) is 2. The molecular weight excluding hydrogens is 615 g/mol. The van der Waals surface area contributed by atoms with Gasteiger partial charge in [0.2, 0.25) is 5.91 Å². The van der Waals surface area contributed by atoms with Crippen LogP contribution in [0.3, 0.4) is 0 Å². The number of amides is 1. The van der Waals surface area contributed by atoms with Crippen molar-refractivity contribution in [2.45, 2.75) is 277 Å². The first-order valence-electron chi connectivity index (χ1n) is 23.1. The molecule has 0 aromatic heterocycles. The smallest absolute Gasteiger partial charge is 0.220 e. The fourth-order valence-electron chi connectivity index (χ4n) is 7.31. The lowest BCUT2D eigenvalue weighted by Crippen LogP contribution is -2.31. The standard InChI is InChI=1S/C46H91NO3/c1-3-5-7-9-11-13-14-15-17-21-25-29-33-37-41-45(49)43-47-46(50)42-38-34-30-26-22-19-16-18-20-24-28-32-36-40-44(48)39-35-31-27-23-12-10-8-6-4-2/h45,49H,3-43H2,1-2H3,(H,47,50)/t45-/m1/s1. The van der Waals surface area contributed by atoms with Gasteiger partial charge in [0.05, 0.1) is 6.10 Å². The molecule has 1 amide bonds. The molecule has 0 aliphatic carbocycles. The van der Waals surface area contributed by atoms with Crippen molar-refractivity contribution in [1.29, 1.82) is 0 Å². The Labute approximate surface area is 314 Å². The number of carbonyl (C=O) groups is 2. The maximum absolute atomic E-state index is 12.2. The Hall–Kier alpha value is -0.900. The van der Waals surface area contributed by atoms with Crippen LogP contribution in [0.2, 0.25) is 0 Å². The summed E-state index contributed by atoms with van der Waals surface area (Å²) in [4.78, 5) is 24.3. The molecule has 0 fully saturated rings. The Morgan fingerprint density at radius 2 is 0.640 bits per heavy atom. The van der Waals surface area contributed by atoms with Gasteiger partial charge in [0.1, 0.15) is 5.78 Å². The second-order valence-electron chi connectivity index (χ2n) is 16.1. The molecule has 0 aromatic carbocycles. The first-order chi connectivity index (χ1) is 24.6. The molecule has 0 saturated heterocycles. The monoisotopic (exact) mass is 706 g/mol. The second-order valence-corrected chi connectivity index (χ2v) is 16.1. The normalized spacial score (nSPS) is 12.1. The maximum Gasteiger partial charge on any atom is 0.220 e. The molecule has 0 bridgehead atoms. The van der Waals surface area contributed by atoms with E-state index in [1.54, 1.807) is 0 Å². The van der Waals surface area contributed by atoms with E-state index in [0.717, 1.165) is 51.4 Å². The van der Waals surface area contributed by atoms with Crippen LogP contribution in [-0.4, -0.2) is 29.4 Å². The van der Waals surface area contributed by atoms with Crippen molar-refractivity contribution in [3.05, 3.63) is 0 Å². The number of unbranched alkanes of at least 4 members (excludes halogenated alkanes) is 33. The van der Waals surface area contributed by atoms with Gasteiger partial charge >= 0.3 is 0 Å². The van der Waals surface area contributed by atoms with Gasteiger partial charge in [0, 0.05) is 25.8 Å². The van der Waals surface area contributed by atoms with Crippen LogP contribution >= 0.6 is 0 Å². The van der Waals surface area contributed by atoms with E-state index in [4.69, 9.17) is 0 Å². The summed E-state index contributed by atoms with van der Waals surface area (Å²) in [5, 5.41) is 13.2. The molecule has 0 spiro atoms. The van der Waals surface area contributed by atoms with Crippen LogP contribution in [0.25, 0.3) is 0 Å². The lowest BCUT2D eigenvalue weighted by molar-refractivity contribution is -0.121. The number of aliphatic hydroxyl groups excluding tert-OH is 1. The van der Waals surface area contributed by atoms with Gasteiger partial charge in [-0.1, -0.05) is 226 Å². The molecule has 1 atom stereocenters. The Bertz CT molecular complexity index is 680. The minimum atomic E-state index is -0.397. The molecule has 0 unspecified atom stereocenters. The molecule has 0 rings (SSSR count). The van der Waals surface area contributed by atoms with Crippen molar-refractivity contribution >= 4 is 11.7 Å². The van der Waals surface area contributed by atoms with Gasteiger partial charge in [-0.2, -0.15) is 0 Å². The molecule has 298 valence electrons. The van der Waals surface area contributed by atoms with Crippen molar-refractivity contribution < 1.29 is 14.7 Å². The Morgan fingerprint density at radius 3 is 0.960 bits per heavy atom. The minimum absolute atomic E-state index is 0.102. The predicted molar refractivity (Wildman–Crippen MR) is 220 cm³/mol. The highest BCUT2D eigenvalue weighted by Gasteiger charge is 2.07. The lowest BCUT2D eigenvalue weighted by atomic mass is 10.0. The van der Waals surface area contributed by atoms with Gasteiger partial charge in [0.15, 0.2) is 0 Å². The highest BCUT2D eigenvalue weighted by Crippen LogP contribution is 2.16. The number of Topliss-reactive ketones (excluding diaryl/α,β-unsaturated/α-hetero) is 1. The van der Waals surface area contributed by atoms with E-state index < -0.39 is 6.10 Å². The zero-order valence-electron chi connectivity index (χ0n) is 34.3. The Kier molecular flexibility index (Phi) is 41.7. The molecule has 0 saturated carbocycles. The summed E-state index contributed by atoms with van der Waals surface area (Å²) in [5.74, 6) is 0.600. The van der Waals surface area contributed by atoms with E-state index in [1.807, 2.05) is 0 Å². The van der Waals surface area contributed by atoms with Crippen molar-refractivity contribution in [3.63, 3.8) is 0 Å². The van der Waals surface area contributed by atoms with Crippen molar-refractivity contribution in [2.75, 3.05) is 6.54 Å². The van der Waals surface area contributed by atoms with Gasteiger partial charge in [-0.3, -0.25) is 9.59 Å². The first-order valence-corrected chi connectivity index (χ1v) is 23.1. The van der Waals surface area contributed by atoms with Gasteiger partial charge in [-0.15, -0.1) is 0 Å². The molecule has 0 aromatic rings. The van der Waals surface area contributed by atoms with Gasteiger partial charge in [0.25, 0.3) is 0 Å². The number of hydrogen-bond acceptors (Lipinski definition) is 3. The summed E-state index contributed by atoms with van der Waals surface area (Å²) in [5.41, 5.74) is 0. The molecule has 4 heteroatoms. The third kappa shape index (κ3) is 41.5. The minimum Gasteiger partial charge on any atom is -0.391 e. The quantitative estimate of drug-likeness (QED) is 0.0621. The van der Waals surface area contributed by atoms with E-state index in [2.05, 4.69) is 19.2 Å². The summed E-state index contributed by atoms with van der Waals surface area (Å²) in [6.07, 6.45) is 49.6. The van der Waals surface area contributed by atoms with Crippen LogP contribution in [0.4, 0.5) is 0 Å². The molecule has 2 N–H and O–H groups in total. The van der Waals surface area contributed by atoms with Crippen molar-refractivity contribution in [1.82, 2.24) is 5.32 Å². The van der Waals surface area contributed by atoms with E-state index in [1.165, 1.54) is 199 Å². The number of carbonyl (C=O) groups excluding carboxylic acids is 2. The molecule has 0 aliphatic heterocycles. The van der Waals surface area contributed by atoms with E-state index in [-0.39, 0.29) is 5.91 Å². The average Bonchev–Trinajstić information content (AvgIpc) is 3.11. The molecule has 0 heterocycles. The summed E-state index contributed by atoms with van der Waals surface area (Å²) in [6, 6.07) is 0. The SMILES string of the molecule is CCCCCCCCCCCCCCCC[C@@H](O)CNC(=O)CCCCCCCCCCCCCCCC(=O)CCCCCCCCCCC. The highest BCUT2D eigenvalue weighted by molar-refractivity contribution is 5.78. The van der Waals surface area contributed by atoms with Gasteiger partial charge < -0.3 is 10.4 Å². The van der Waals surface area contributed by atoms with Crippen molar-refractivity contribution in [3.8, 4) is 0 Å². The zero-order chi connectivity index (χ0) is 36.4. The zero-order valence-corrected chi connectivity index (χ0v) is 34.3. The Balaban J connectivity index is 3.29. The second kappa shape index (κ2) is 42.5. The van der Waals surface area contributed by atoms with Crippen LogP contribution in [0, 0.1) is 0 Å². The molecule has 4 nitrogen and oxygen atoms in total. The average molecular weight is 706 g/mol. The molecule has 0 radical (unpaired) electrons. The summed E-state index contributed by atoms with van der Waals surface area (Å²) >= 11 is 0. The predicted octanol–water partition coefficient (Wildman–Crippen LogP) is 14.7. The third-order valence-electron chi connectivity index (χ3n) is 10.8. The topological polar surface area (TPSA) is 66.4 Å². The van der Waals surface area contributed by atoms with E-state index >= 15 is 0 Å². The summed E-state index contributed by atoms with van der Waals surface area (Å²) in [6.45, 7) is 4.96. The number of ketones is 1. The largest absolute Gasteiger partial charge is 0.391 e. The first kappa shape index (κ1) is 49.1. The van der Waals surface area contributed by atoms with Crippen LogP contribution in [0.1, 0.15) is 271 Å². The fourth-order valence-corrected chi connectivity index (χ4v) is 7.31. The molecule has 0 aliphatic rings. The fraction of sp³-hybridized carbons (Fsp3) is 0.957. The number of nitrogens with one attached hydrogen (secondary N) is 1. The molecular formula is C46H91NO3. The summed E-state index contributed by atoms with van der Waals surface area (Å²) in [7, 11) is 0. The maximum atomic E-state index is 12.2. The van der Waals surface area contributed by atoms with Crippen LogP contribution < -0.4 is 5.32 Å². The highest BCUT2D eigenvalue weighted by atomic mass is 16.3. The van der Waals surface area contributed by atoms with Gasteiger partial charge in [-0.05, 0) is 25.7 Å². The van der Waals surface area contributed by atoms with E-state index in [9.17, 15) is 14.7 Å². The molecule has 50 heavy (non-hydrogen) atoms.